The van der Waals surface area contributed by atoms with Gasteiger partial charge in [-0.15, -0.1) is 0 Å². The number of halogens is 1. The molecule has 0 fully saturated rings. The van der Waals surface area contributed by atoms with Crippen LogP contribution in [-0.2, 0) is 0 Å². The van der Waals surface area contributed by atoms with Crippen LogP contribution in [0.5, 0.6) is 0 Å². The molecule has 4 heteroatoms. The van der Waals surface area contributed by atoms with Gasteiger partial charge in [0.15, 0.2) is 5.78 Å². The Morgan fingerprint density at radius 3 is 2.86 bits per heavy atom. The highest BCUT2D eigenvalue weighted by Gasteiger charge is 2.07. The molecule has 72 valence electrons. The van der Waals surface area contributed by atoms with E-state index in [0.717, 1.165) is 0 Å². The summed E-state index contributed by atoms with van der Waals surface area (Å²) in [4.78, 5) is 11.4. The molecule has 0 saturated heterocycles. The van der Waals surface area contributed by atoms with Crippen molar-refractivity contribution < 1.29 is 4.79 Å². The number of Topliss-reactive ketones (excluding diaryl/α,β-unsaturated/α-hetero) is 1. The molecule has 0 heterocycles. The number of hydrogen-bond acceptors (Lipinski definition) is 3. The third-order valence-corrected chi connectivity index (χ3v) is 2.21. The van der Waals surface area contributed by atoms with E-state index < -0.39 is 0 Å². The first-order chi connectivity index (χ1) is 6.69. The lowest BCUT2D eigenvalue weighted by atomic mass is 10.1. The van der Waals surface area contributed by atoms with Gasteiger partial charge in [0.1, 0.15) is 6.07 Å². The molecule has 1 aromatic carbocycles. The topological polar surface area (TPSA) is 66.9 Å². The van der Waals surface area contributed by atoms with Gasteiger partial charge in [-0.1, -0.05) is 15.9 Å². The van der Waals surface area contributed by atoms with Crippen LogP contribution in [-0.4, -0.2) is 11.1 Å². The summed E-state index contributed by atoms with van der Waals surface area (Å²) in [7, 11) is 0. The number of hydrogen-bond donors (Lipinski definition) is 1. The highest BCUT2D eigenvalue weighted by atomic mass is 79.9. The van der Waals surface area contributed by atoms with Gasteiger partial charge in [0, 0.05) is 23.0 Å². The minimum atomic E-state index is 0.0124. The molecule has 1 rings (SSSR count). The van der Waals surface area contributed by atoms with Gasteiger partial charge in [0.25, 0.3) is 0 Å². The van der Waals surface area contributed by atoms with Crippen LogP contribution in [0.3, 0.4) is 0 Å². The van der Waals surface area contributed by atoms with Crippen molar-refractivity contribution in [2.24, 2.45) is 0 Å². The Kier molecular flexibility index (Phi) is 3.66. The number of carbonyl (C=O) groups excluding carboxylic acids is 1. The SMILES string of the molecule is N#Cc1cc(C(=O)CCBr)ccc1N. The summed E-state index contributed by atoms with van der Waals surface area (Å²) in [6.45, 7) is 0. The second-order valence-electron chi connectivity index (χ2n) is 2.78. The minimum absolute atomic E-state index is 0.0124. The number of anilines is 1. The zero-order valence-corrected chi connectivity index (χ0v) is 9.04. The molecule has 2 N–H and O–H groups in total. The number of ketones is 1. The van der Waals surface area contributed by atoms with Crippen LogP contribution in [0.2, 0.25) is 0 Å². The van der Waals surface area contributed by atoms with Crippen LogP contribution in [0.25, 0.3) is 0 Å². The molecule has 3 nitrogen and oxygen atoms in total. The van der Waals surface area contributed by atoms with Crippen molar-refractivity contribution in [2.45, 2.75) is 6.42 Å². The van der Waals surface area contributed by atoms with Crippen molar-refractivity contribution in [1.82, 2.24) is 0 Å². The second kappa shape index (κ2) is 4.77. The monoisotopic (exact) mass is 252 g/mol. The Bertz CT molecular complexity index is 396. The minimum Gasteiger partial charge on any atom is -0.398 e. The maximum atomic E-state index is 11.4. The maximum Gasteiger partial charge on any atom is 0.163 e. The summed E-state index contributed by atoms with van der Waals surface area (Å²) in [6.07, 6.45) is 0.425. The van der Waals surface area contributed by atoms with E-state index in [9.17, 15) is 4.79 Å². The largest absolute Gasteiger partial charge is 0.398 e. The molecule has 14 heavy (non-hydrogen) atoms. The van der Waals surface area contributed by atoms with E-state index in [1.54, 1.807) is 12.1 Å². The van der Waals surface area contributed by atoms with Crippen molar-refractivity contribution >= 4 is 27.4 Å². The van der Waals surface area contributed by atoms with Gasteiger partial charge >= 0.3 is 0 Å². The molecule has 0 radical (unpaired) electrons. The fourth-order valence-electron chi connectivity index (χ4n) is 1.06. The van der Waals surface area contributed by atoms with E-state index in [1.807, 2.05) is 6.07 Å². The Balaban J connectivity index is 3.02. The van der Waals surface area contributed by atoms with Crippen molar-refractivity contribution in [2.75, 3.05) is 11.1 Å². The summed E-state index contributed by atoms with van der Waals surface area (Å²) in [5, 5.41) is 9.33. The van der Waals surface area contributed by atoms with Crippen LogP contribution < -0.4 is 5.73 Å². The molecule has 1 aromatic rings. The second-order valence-corrected chi connectivity index (χ2v) is 3.57. The number of carbonyl (C=O) groups is 1. The first kappa shape index (κ1) is 10.7. The summed E-state index contributed by atoms with van der Waals surface area (Å²) < 4.78 is 0. The van der Waals surface area contributed by atoms with Crippen LogP contribution >= 0.6 is 15.9 Å². The standard InChI is InChI=1S/C10H9BrN2O/c11-4-3-10(14)7-1-2-9(13)8(5-7)6-12/h1-2,5H,3-4,13H2. The number of nitriles is 1. The quantitative estimate of drug-likeness (QED) is 0.509. The van der Waals surface area contributed by atoms with Gasteiger partial charge in [-0.2, -0.15) is 5.26 Å². The predicted octanol–water partition coefficient (Wildman–Crippen LogP) is 2.11. The fourth-order valence-corrected chi connectivity index (χ4v) is 1.42. The Hall–Kier alpha value is -1.34. The van der Waals surface area contributed by atoms with Gasteiger partial charge < -0.3 is 5.73 Å². The molecule has 0 aliphatic heterocycles. The molecule has 0 aliphatic carbocycles. The molecule has 0 aliphatic rings. The van der Waals surface area contributed by atoms with Gasteiger partial charge in [0.2, 0.25) is 0 Å². The molecular weight excluding hydrogens is 244 g/mol. The molecule has 0 unspecified atom stereocenters. The molecule has 0 bridgehead atoms. The lowest BCUT2D eigenvalue weighted by Crippen LogP contribution is -2.01. The van der Waals surface area contributed by atoms with Crippen LogP contribution in [0.4, 0.5) is 5.69 Å². The van der Waals surface area contributed by atoms with Crippen LogP contribution in [0, 0.1) is 11.3 Å². The van der Waals surface area contributed by atoms with Crippen molar-refractivity contribution in [3.63, 3.8) is 0 Å². The lowest BCUT2D eigenvalue weighted by molar-refractivity contribution is 0.0990. The highest BCUT2D eigenvalue weighted by molar-refractivity contribution is 9.09. The van der Waals surface area contributed by atoms with E-state index in [0.29, 0.717) is 28.6 Å². The zero-order valence-electron chi connectivity index (χ0n) is 7.46. The van der Waals surface area contributed by atoms with E-state index in [4.69, 9.17) is 11.0 Å². The fraction of sp³-hybridized carbons (Fsp3) is 0.200. The number of nitrogen functional groups attached to an aromatic ring is 1. The highest BCUT2D eigenvalue weighted by Crippen LogP contribution is 2.14. The summed E-state index contributed by atoms with van der Waals surface area (Å²) in [6, 6.07) is 6.70. The zero-order chi connectivity index (χ0) is 10.6. The summed E-state index contributed by atoms with van der Waals surface area (Å²) >= 11 is 3.19. The van der Waals surface area contributed by atoms with Crippen LogP contribution in [0.1, 0.15) is 22.3 Å². The van der Waals surface area contributed by atoms with E-state index in [-0.39, 0.29) is 5.78 Å². The third kappa shape index (κ3) is 2.33. The molecule has 0 saturated carbocycles. The number of alkyl halides is 1. The van der Waals surface area contributed by atoms with Crippen molar-refractivity contribution in [3.05, 3.63) is 29.3 Å². The number of benzene rings is 1. The number of nitrogens with two attached hydrogens (primary N) is 1. The molecule has 0 aromatic heterocycles. The summed E-state index contributed by atoms with van der Waals surface area (Å²) in [5.74, 6) is 0.0124. The van der Waals surface area contributed by atoms with E-state index >= 15 is 0 Å². The van der Waals surface area contributed by atoms with Crippen molar-refractivity contribution in [1.29, 1.82) is 5.26 Å². The van der Waals surface area contributed by atoms with Gasteiger partial charge in [-0.3, -0.25) is 4.79 Å². The lowest BCUT2D eigenvalue weighted by Gasteiger charge is -2.01. The summed E-state index contributed by atoms with van der Waals surface area (Å²) in [5.41, 5.74) is 6.83. The Morgan fingerprint density at radius 1 is 1.57 bits per heavy atom. The van der Waals surface area contributed by atoms with Gasteiger partial charge in [-0.25, -0.2) is 0 Å². The van der Waals surface area contributed by atoms with Crippen molar-refractivity contribution in [3.8, 4) is 6.07 Å². The molecule has 0 spiro atoms. The first-order valence-corrected chi connectivity index (χ1v) is 5.20. The maximum absolute atomic E-state index is 11.4. The normalized spacial score (nSPS) is 9.43. The average Bonchev–Trinajstić information content (AvgIpc) is 2.19. The molecule has 0 atom stereocenters. The van der Waals surface area contributed by atoms with Gasteiger partial charge in [0.05, 0.1) is 5.56 Å². The Morgan fingerprint density at radius 2 is 2.29 bits per heavy atom. The predicted molar refractivity (Wildman–Crippen MR) is 58.3 cm³/mol. The van der Waals surface area contributed by atoms with E-state index in [1.165, 1.54) is 6.07 Å². The molecule has 0 amide bonds. The average molecular weight is 253 g/mol. The van der Waals surface area contributed by atoms with Crippen LogP contribution in [0.15, 0.2) is 18.2 Å². The smallest absolute Gasteiger partial charge is 0.163 e. The van der Waals surface area contributed by atoms with E-state index in [2.05, 4.69) is 15.9 Å². The number of nitrogens with zero attached hydrogens (tertiary/aromatic N) is 1. The third-order valence-electron chi connectivity index (χ3n) is 1.82. The Labute approximate surface area is 90.7 Å². The molecular formula is C10H9BrN2O. The number of rotatable bonds is 3. The van der Waals surface area contributed by atoms with Gasteiger partial charge in [-0.05, 0) is 18.2 Å². The first-order valence-electron chi connectivity index (χ1n) is 4.08.